The van der Waals surface area contributed by atoms with Crippen molar-refractivity contribution >= 4 is 82.9 Å². The van der Waals surface area contributed by atoms with Gasteiger partial charge in [0.25, 0.3) is 0 Å². The van der Waals surface area contributed by atoms with Gasteiger partial charge in [-0.15, -0.1) is 45.3 Å². The van der Waals surface area contributed by atoms with Gasteiger partial charge >= 0.3 is 0 Å². The number of hydrogen-bond acceptors (Lipinski definition) is 6. The number of benzene rings is 3. The highest BCUT2D eigenvalue weighted by Crippen LogP contribution is 2.34. The molecule has 5 rings (SSSR count). The van der Waals surface area contributed by atoms with Crippen LogP contribution in [-0.2, 0) is 0 Å². The van der Waals surface area contributed by atoms with E-state index in [4.69, 9.17) is 0 Å². The molecule has 5 aromatic rings. The zero-order valence-corrected chi connectivity index (χ0v) is 15.3. The first-order chi connectivity index (χ1) is 11.7. The number of hydrogen-bond donors (Lipinski definition) is 0. The van der Waals surface area contributed by atoms with Gasteiger partial charge < -0.3 is 0 Å². The van der Waals surface area contributed by atoms with E-state index in [-0.39, 0.29) is 10.9 Å². The topological polar surface area (TPSA) is 34.1 Å². The van der Waals surface area contributed by atoms with Crippen LogP contribution in [0.15, 0.2) is 58.1 Å². The van der Waals surface area contributed by atoms with E-state index in [0.29, 0.717) is 18.8 Å². The van der Waals surface area contributed by atoms with Gasteiger partial charge in [0, 0.05) is 18.8 Å². The summed E-state index contributed by atoms with van der Waals surface area (Å²) in [5.41, 5.74) is -0.0304. The fourth-order valence-corrected chi connectivity index (χ4v) is 7.46. The van der Waals surface area contributed by atoms with Crippen LogP contribution in [0.5, 0.6) is 0 Å². The first-order valence-electron chi connectivity index (χ1n) is 7.20. The second-order valence-corrected chi connectivity index (χ2v) is 9.49. The summed E-state index contributed by atoms with van der Waals surface area (Å²) in [7, 11) is 0. The Balaban J connectivity index is 2.09. The van der Waals surface area contributed by atoms with Crippen molar-refractivity contribution in [1.29, 1.82) is 0 Å². The Morgan fingerprint density at radius 2 is 0.708 bits per heavy atom. The van der Waals surface area contributed by atoms with Crippen LogP contribution in [0.25, 0.3) is 37.6 Å². The van der Waals surface area contributed by atoms with Crippen molar-refractivity contribution in [1.82, 2.24) is 0 Å². The van der Waals surface area contributed by atoms with Crippen molar-refractivity contribution in [3.05, 3.63) is 69.0 Å². The molecule has 0 bridgehead atoms. The first-order valence-corrected chi connectivity index (χ1v) is 10.5. The van der Waals surface area contributed by atoms with E-state index in [1.165, 1.54) is 45.3 Å². The lowest BCUT2D eigenvalue weighted by atomic mass is 10.3. The van der Waals surface area contributed by atoms with Crippen molar-refractivity contribution in [3.8, 4) is 0 Å². The average molecular weight is 385 g/mol. The van der Waals surface area contributed by atoms with Crippen LogP contribution in [0.4, 0.5) is 0 Å². The Labute approximate surface area is 151 Å². The Morgan fingerprint density at radius 3 is 0.958 bits per heavy atom. The van der Waals surface area contributed by atoms with Gasteiger partial charge in [-0.2, -0.15) is 0 Å². The van der Waals surface area contributed by atoms with Gasteiger partial charge in [-0.1, -0.05) is 24.3 Å². The summed E-state index contributed by atoms with van der Waals surface area (Å²) < 4.78 is 6.48. The van der Waals surface area contributed by atoms with Crippen LogP contribution in [0, 0.1) is 0 Å². The summed E-state index contributed by atoms with van der Waals surface area (Å²) in [6, 6.07) is 15.8. The van der Waals surface area contributed by atoms with Gasteiger partial charge in [-0.25, -0.2) is 0 Å². The largest absolute Gasteiger partial charge is 0.287 e. The molecule has 24 heavy (non-hydrogen) atoms. The van der Waals surface area contributed by atoms with Crippen LogP contribution in [-0.4, -0.2) is 0 Å². The monoisotopic (exact) mass is 384 g/mol. The minimum Gasteiger partial charge on any atom is -0.287 e. The molecule has 0 N–H and O–H groups in total. The zero-order valence-electron chi connectivity index (χ0n) is 12.1. The molecule has 0 spiro atoms. The van der Waals surface area contributed by atoms with Crippen molar-refractivity contribution in [2.45, 2.75) is 0 Å². The molecular formula is C18H8O2S4. The molecule has 0 amide bonds. The summed E-state index contributed by atoms with van der Waals surface area (Å²) in [6.07, 6.45) is 0. The molecule has 0 aliphatic carbocycles. The van der Waals surface area contributed by atoms with E-state index in [1.807, 2.05) is 48.5 Å². The van der Waals surface area contributed by atoms with Crippen LogP contribution >= 0.6 is 45.3 Å². The second-order valence-electron chi connectivity index (χ2n) is 5.28. The number of fused-ring (bicyclic) bond motifs is 4. The van der Waals surface area contributed by atoms with Crippen LogP contribution in [0.3, 0.4) is 0 Å². The summed E-state index contributed by atoms with van der Waals surface area (Å²) >= 11 is 5.69. The van der Waals surface area contributed by atoms with E-state index < -0.39 is 0 Å². The highest BCUT2D eigenvalue weighted by molar-refractivity contribution is 7.38. The van der Waals surface area contributed by atoms with Gasteiger partial charge in [0.2, 0.25) is 10.9 Å². The van der Waals surface area contributed by atoms with Crippen LogP contribution in [0.2, 0.25) is 0 Å². The van der Waals surface area contributed by atoms with Gasteiger partial charge in [0.05, 0.1) is 18.8 Å². The Bertz CT molecular complexity index is 1190. The maximum atomic E-state index is 13.0. The highest BCUT2D eigenvalue weighted by atomic mass is 32.1. The van der Waals surface area contributed by atoms with Gasteiger partial charge in [0.1, 0.15) is 0 Å². The fourth-order valence-electron chi connectivity index (χ4n) is 2.67. The van der Waals surface area contributed by atoms with Crippen molar-refractivity contribution in [2.75, 3.05) is 0 Å². The molecule has 0 radical (unpaired) electrons. The smallest absolute Gasteiger partial charge is 0.216 e. The van der Waals surface area contributed by atoms with Gasteiger partial charge in [-0.3, -0.25) is 9.59 Å². The molecule has 6 heteroatoms. The van der Waals surface area contributed by atoms with E-state index in [9.17, 15) is 9.59 Å². The van der Waals surface area contributed by atoms with Crippen LogP contribution < -0.4 is 10.9 Å². The lowest BCUT2D eigenvalue weighted by Crippen LogP contribution is -2.09. The third kappa shape index (κ3) is 2.04. The van der Waals surface area contributed by atoms with E-state index in [1.54, 1.807) is 0 Å². The van der Waals surface area contributed by atoms with E-state index in [0.717, 1.165) is 18.8 Å². The minimum atomic E-state index is -0.0152. The van der Waals surface area contributed by atoms with Crippen LogP contribution in [0.1, 0.15) is 0 Å². The molecule has 2 aromatic heterocycles. The first kappa shape index (κ1) is 14.5. The predicted molar refractivity (Wildman–Crippen MR) is 109 cm³/mol. The molecule has 0 aliphatic rings. The predicted octanol–water partition coefficient (Wildman–Crippen LogP) is 5.83. The SMILES string of the molecule is O=c1c2sc3ccccc3sc2c(=O)c2sc3ccccc3sc12. The molecule has 0 saturated carbocycles. The molecule has 0 fully saturated rings. The van der Waals surface area contributed by atoms with Gasteiger partial charge in [0.15, 0.2) is 0 Å². The molecule has 116 valence electrons. The molecular weight excluding hydrogens is 376 g/mol. The molecule has 0 unspecified atom stereocenters. The third-order valence-corrected chi connectivity index (χ3v) is 8.98. The number of rotatable bonds is 0. The Hall–Kier alpha value is -1.86. The maximum Gasteiger partial charge on any atom is 0.216 e. The molecule has 2 nitrogen and oxygen atoms in total. The van der Waals surface area contributed by atoms with Crippen molar-refractivity contribution in [3.63, 3.8) is 0 Å². The second kappa shape index (κ2) is 5.32. The van der Waals surface area contributed by atoms with E-state index >= 15 is 0 Å². The summed E-state index contributed by atoms with van der Waals surface area (Å²) in [4.78, 5) is 26.0. The average Bonchev–Trinajstić information content (AvgIpc) is 2.64. The molecule has 0 saturated heterocycles. The molecule has 3 aromatic carbocycles. The summed E-state index contributed by atoms with van der Waals surface area (Å²) in [5.74, 6) is 0. The molecule has 0 aliphatic heterocycles. The lowest BCUT2D eigenvalue weighted by molar-refractivity contribution is 1.85. The van der Waals surface area contributed by atoms with Crippen molar-refractivity contribution in [2.24, 2.45) is 0 Å². The lowest BCUT2D eigenvalue weighted by Gasteiger charge is -2.03. The third-order valence-electron chi connectivity index (χ3n) is 3.78. The zero-order chi connectivity index (χ0) is 16.3. The van der Waals surface area contributed by atoms with Crippen molar-refractivity contribution < 1.29 is 0 Å². The normalized spacial score (nSPS) is 11.7. The fraction of sp³-hybridized carbons (Fsp3) is 0. The molecule has 2 heterocycles. The quantitative estimate of drug-likeness (QED) is 0.315. The maximum absolute atomic E-state index is 13.0. The summed E-state index contributed by atoms with van der Waals surface area (Å²) in [5, 5.41) is 0. The Kier molecular flexibility index (Phi) is 3.21. The molecule has 0 atom stereocenters. The van der Waals surface area contributed by atoms with E-state index in [2.05, 4.69) is 0 Å². The standard InChI is InChI=1S/C18H8O2S4/c19-13-15-16(22-10-6-2-1-5-9(10)21-15)14(20)18-17(13)23-11-7-3-4-8-12(11)24-18/h1-8H. The highest BCUT2D eigenvalue weighted by Gasteiger charge is 2.15. The van der Waals surface area contributed by atoms with Gasteiger partial charge in [-0.05, 0) is 24.3 Å². The minimum absolute atomic E-state index is 0.0152. The Morgan fingerprint density at radius 1 is 0.458 bits per heavy atom. The summed E-state index contributed by atoms with van der Waals surface area (Å²) in [6.45, 7) is 0.